The van der Waals surface area contributed by atoms with Crippen molar-refractivity contribution in [3.05, 3.63) is 89.5 Å². The molecule has 1 N–H and O–H groups in total. The number of nitrogens with zero attached hydrogens (tertiary/aromatic N) is 1. The van der Waals surface area contributed by atoms with E-state index < -0.39 is 16.1 Å². The number of sulfonamides is 1. The second kappa shape index (κ2) is 11.6. The lowest BCUT2D eigenvalue weighted by molar-refractivity contribution is -0.125. The van der Waals surface area contributed by atoms with Gasteiger partial charge in [-0.05, 0) is 54.5 Å². The number of hydrogen-bond donors (Lipinski definition) is 1. The van der Waals surface area contributed by atoms with Gasteiger partial charge in [-0.15, -0.1) is 0 Å². The summed E-state index contributed by atoms with van der Waals surface area (Å²) in [5.41, 5.74) is 2.97. The summed E-state index contributed by atoms with van der Waals surface area (Å²) >= 11 is 0. The molecule has 0 bridgehead atoms. The minimum absolute atomic E-state index is 0.0557. The maximum Gasteiger partial charge on any atom is 0.244 e. The van der Waals surface area contributed by atoms with Crippen molar-refractivity contribution in [3.63, 3.8) is 0 Å². The van der Waals surface area contributed by atoms with Crippen LogP contribution in [0.4, 0.5) is 0 Å². The lowest BCUT2D eigenvalue weighted by atomic mass is 9.94. The molecule has 3 aromatic carbocycles. The lowest BCUT2D eigenvalue weighted by Gasteiger charge is -2.35. The maximum absolute atomic E-state index is 13.8. The van der Waals surface area contributed by atoms with Crippen LogP contribution in [0.5, 0.6) is 11.5 Å². The zero-order valence-corrected chi connectivity index (χ0v) is 21.5. The average molecular weight is 509 g/mol. The van der Waals surface area contributed by atoms with Crippen LogP contribution in [-0.2, 0) is 27.7 Å². The van der Waals surface area contributed by atoms with Crippen LogP contribution in [0.25, 0.3) is 0 Å². The number of fused-ring (bicyclic) bond motifs is 1. The average Bonchev–Trinajstić information content (AvgIpc) is 2.92. The van der Waals surface area contributed by atoms with Gasteiger partial charge in [0.05, 0.1) is 19.1 Å². The Morgan fingerprint density at radius 3 is 2.42 bits per heavy atom. The van der Waals surface area contributed by atoms with E-state index in [1.54, 1.807) is 6.07 Å². The molecule has 3 aromatic rings. The Morgan fingerprint density at radius 1 is 0.944 bits per heavy atom. The largest absolute Gasteiger partial charge is 0.493 e. The number of methoxy groups -OCH3 is 2. The van der Waals surface area contributed by atoms with Crippen LogP contribution in [0, 0.1) is 0 Å². The molecule has 0 radical (unpaired) electrons. The highest BCUT2D eigenvalue weighted by Crippen LogP contribution is 2.37. The molecule has 0 fully saturated rings. The van der Waals surface area contributed by atoms with Crippen molar-refractivity contribution in [2.45, 2.75) is 36.6 Å². The minimum atomic E-state index is -3.99. The third kappa shape index (κ3) is 5.55. The number of ether oxygens (including phenoxy) is 2. The molecule has 1 aliphatic rings. The molecule has 190 valence electrons. The van der Waals surface area contributed by atoms with E-state index in [0.717, 1.165) is 30.4 Å². The molecule has 36 heavy (non-hydrogen) atoms. The molecule has 0 aromatic heterocycles. The van der Waals surface area contributed by atoms with Gasteiger partial charge in [0.15, 0.2) is 11.5 Å². The molecule has 4 rings (SSSR count). The van der Waals surface area contributed by atoms with Crippen molar-refractivity contribution in [3.8, 4) is 11.5 Å². The minimum Gasteiger partial charge on any atom is -0.493 e. The van der Waals surface area contributed by atoms with Crippen molar-refractivity contribution < 1.29 is 22.7 Å². The molecule has 1 unspecified atom stereocenters. The number of hydrogen-bond acceptors (Lipinski definition) is 5. The monoisotopic (exact) mass is 508 g/mol. The Hall–Kier alpha value is -3.36. The first-order valence-corrected chi connectivity index (χ1v) is 13.5. The summed E-state index contributed by atoms with van der Waals surface area (Å²) in [5, 5.41) is 2.98. The van der Waals surface area contributed by atoms with E-state index in [1.165, 1.54) is 36.2 Å². The molecular formula is C28H32N2O5S. The Bertz CT molecular complexity index is 1290. The summed E-state index contributed by atoms with van der Waals surface area (Å²) in [6.45, 7) is 0.689. The van der Waals surface area contributed by atoms with Crippen LogP contribution < -0.4 is 14.8 Å². The molecule has 0 aliphatic carbocycles. The Morgan fingerprint density at radius 2 is 1.67 bits per heavy atom. The number of unbranched alkanes of at least 4 members (excludes halogenated alkanes) is 1. The van der Waals surface area contributed by atoms with Gasteiger partial charge >= 0.3 is 0 Å². The molecular weight excluding hydrogens is 476 g/mol. The van der Waals surface area contributed by atoms with Crippen molar-refractivity contribution in [2.24, 2.45) is 0 Å². The maximum atomic E-state index is 13.8. The van der Waals surface area contributed by atoms with Gasteiger partial charge in [-0.2, -0.15) is 4.31 Å². The number of nitrogens with one attached hydrogen (secondary N) is 1. The molecule has 7 nitrogen and oxygen atoms in total. The fraction of sp³-hybridized carbons (Fsp3) is 0.321. The summed E-state index contributed by atoms with van der Waals surface area (Å²) in [4.78, 5) is 13.5. The number of aryl methyl sites for hydroxylation is 1. The topological polar surface area (TPSA) is 84.9 Å². The van der Waals surface area contributed by atoms with E-state index in [9.17, 15) is 13.2 Å². The summed E-state index contributed by atoms with van der Waals surface area (Å²) in [6, 6.07) is 21.3. The van der Waals surface area contributed by atoms with E-state index in [2.05, 4.69) is 17.4 Å². The van der Waals surface area contributed by atoms with Gasteiger partial charge in [0.2, 0.25) is 15.9 Å². The standard InChI is InChI=1S/C28H32N2O5S/c1-34-25-16-15-23(20-26(25)35-2)36(32,33)30-19-17-22-13-6-7-14-24(22)27(30)28(31)29-18-9-8-12-21-10-4-3-5-11-21/h3-7,10-11,13-16,20,27H,8-9,12,17-19H2,1-2H3,(H,29,31). The van der Waals surface area contributed by atoms with Crippen LogP contribution in [0.3, 0.4) is 0 Å². The third-order valence-corrected chi connectivity index (χ3v) is 8.34. The first-order valence-electron chi connectivity index (χ1n) is 12.1. The molecule has 0 spiro atoms. The summed E-state index contributed by atoms with van der Waals surface area (Å²) in [5.74, 6) is 0.437. The summed E-state index contributed by atoms with van der Waals surface area (Å²) in [6.07, 6.45) is 3.20. The third-order valence-electron chi connectivity index (χ3n) is 6.48. The van der Waals surface area contributed by atoms with Crippen molar-refractivity contribution in [2.75, 3.05) is 27.3 Å². The van der Waals surface area contributed by atoms with Crippen LogP contribution in [0.15, 0.2) is 77.7 Å². The van der Waals surface area contributed by atoms with Gasteiger partial charge in [0.1, 0.15) is 6.04 Å². The summed E-state index contributed by atoms with van der Waals surface area (Å²) < 4.78 is 39.4. The lowest BCUT2D eigenvalue weighted by Crippen LogP contribution is -2.47. The molecule has 0 saturated carbocycles. The van der Waals surface area contributed by atoms with Gasteiger partial charge in [0.25, 0.3) is 0 Å². The van der Waals surface area contributed by atoms with Crippen molar-refractivity contribution in [1.29, 1.82) is 0 Å². The van der Waals surface area contributed by atoms with E-state index in [1.807, 2.05) is 42.5 Å². The normalized spacial score (nSPS) is 15.7. The van der Waals surface area contributed by atoms with E-state index in [-0.39, 0.29) is 17.3 Å². The van der Waals surface area contributed by atoms with Crippen molar-refractivity contribution >= 4 is 15.9 Å². The van der Waals surface area contributed by atoms with Crippen LogP contribution in [0.2, 0.25) is 0 Å². The fourth-order valence-electron chi connectivity index (χ4n) is 4.59. The molecule has 1 amide bonds. The Kier molecular flexibility index (Phi) is 8.28. The smallest absolute Gasteiger partial charge is 0.244 e. The van der Waals surface area contributed by atoms with Crippen LogP contribution in [0.1, 0.15) is 35.6 Å². The Labute approximate surface area is 213 Å². The van der Waals surface area contributed by atoms with Gasteiger partial charge in [0, 0.05) is 19.2 Å². The first-order chi connectivity index (χ1) is 17.5. The highest BCUT2D eigenvalue weighted by molar-refractivity contribution is 7.89. The molecule has 0 saturated heterocycles. The predicted octanol–water partition coefficient (Wildman–Crippen LogP) is 4.13. The zero-order chi connectivity index (χ0) is 25.5. The van der Waals surface area contributed by atoms with Crippen molar-refractivity contribution in [1.82, 2.24) is 9.62 Å². The zero-order valence-electron chi connectivity index (χ0n) is 20.6. The number of carbonyl (C=O) groups is 1. The van der Waals surface area contributed by atoms with E-state index >= 15 is 0 Å². The van der Waals surface area contributed by atoms with E-state index in [4.69, 9.17) is 9.47 Å². The van der Waals surface area contributed by atoms with Crippen LogP contribution >= 0.6 is 0 Å². The predicted molar refractivity (Wildman–Crippen MR) is 139 cm³/mol. The second-order valence-electron chi connectivity index (χ2n) is 8.72. The highest BCUT2D eigenvalue weighted by atomic mass is 32.2. The SMILES string of the molecule is COc1ccc(S(=O)(=O)N2CCc3ccccc3C2C(=O)NCCCCc2ccccc2)cc1OC. The quantitative estimate of drug-likeness (QED) is 0.416. The van der Waals surface area contributed by atoms with Gasteiger partial charge in [-0.1, -0.05) is 54.6 Å². The van der Waals surface area contributed by atoms with Gasteiger partial charge in [-0.3, -0.25) is 4.79 Å². The number of carbonyl (C=O) groups excluding carboxylic acids is 1. The fourth-order valence-corrected chi connectivity index (χ4v) is 6.18. The molecule has 8 heteroatoms. The van der Waals surface area contributed by atoms with Gasteiger partial charge in [-0.25, -0.2) is 8.42 Å². The first kappa shape index (κ1) is 25.7. The van der Waals surface area contributed by atoms with Gasteiger partial charge < -0.3 is 14.8 Å². The number of amides is 1. The second-order valence-corrected chi connectivity index (χ2v) is 10.6. The summed E-state index contributed by atoms with van der Waals surface area (Å²) in [7, 11) is -1.04. The molecule has 1 heterocycles. The van der Waals surface area contributed by atoms with Crippen LogP contribution in [-0.4, -0.2) is 45.9 Å². The highest BCUT2D eigenvalue weighted by Gasteiger charge is 2.40. The number of rotatable bonds is 10. The molecule has 1 atom stereocenters. The van der Waals surface area contributed by atoms with E-state index in [0.29, 0.717) is 24.5 Å². The molecule has 1 aliphatic heterocycles. The number of benzene rings is 3. The Balaban J connectivity index is 1.53.